The van der Waals surface area contributed by atoms with Crippen molar-refractivity contribution < 1.29 is 9.15 Å². The van der Waals surface area contributed by atoms with Crippen LogP contribution in [0.5, 0.6) is 5.75 Å². The summed E-state index contributed by atoms with van der Waals surface area (Å²) in [6, 6.07) is 16.3. The molecule has 0 radical (unpaired) electrons. The molecule has 0 amide bonds. The van der Waals surface area contributed by atoms with Crippen molar-refractivity contribution in [2.75, 3.05) is 7.11 Å². The highest BCUT2D eigenvalue weighted by atomic mass is 79.9. The number of nitrogens with zero attached hydrogens (tertiary/aromatic N) is 1. The zero-order valence-electron chi connectivity index (χ0n) is 13.7. The lowest BCUT2D eigenvalue weighted by Crippen LogP contribution is -2.16. The van der Waals surface area contributed by atoms with Gasteiger partial charge in [0.15, 0.2) is 0 Å². The van der Waals surface area contributed by atoms with Gasteiger partial charge in [0, 0.05) is 22.8 Å². The molecular formula is C20H13BrClNO3. The second-order valence-electron chi connectivity index (χ2n) is 5.71. The minimum atomic E-state index is -0.157. The molecule has 2 aromatic heterocycles. The van der Waals surface area contributed by atoms with E-state index >= 15 is 0 Å². The molecule has 0 fully saturated rings. The normalized spacial score (nSPS) is 11.0. The van der Waals surface area contributed by atoms with E-state index in [0.29, 0.717) is 33.2 Å². The van der Waals surface area contributed by atoms with Crippen LogP contribution in [0.25, 0.3) is 28.0 Å². The van der Waals surface area contributed by atoms with Crippen LogP contribution in [-0.4, -0.2) is 11.7 Å². The fourth-order valence-electron chi connectivity index (χ4n) is 2.79. The number of hydrogen-bond acceptors (Lipinski definition) is 3. The van der Waals surface area contributed by atoms with E-state index < -0.39 is 0 Å². The number of rotatable bonds is 3. The predicted molar refractivity (Wildman–Crippen MR) is 107 cm³/mol. The van der Waals surface area contributed by atoms with Gasteiger partial charge in [0.1, 0.15) is 17.1 Å². The molecule has 26 heavy (non-hydrogen) atoms. The maximum atomic E-state index is 12.9. The van der Waals surface area contributed by atoms with Crippen molar-refractivity contribution in [2.45, 2.75) is 0 Å². The van der Waals surface area contributed by atoms with Crippen molar-refractivity contribution >= 4 is 38.5 Å². The summed E-state index contributed by atoms with van der Waals surface area (Å²) in [7, 11) is 1.59. The molecule has 4 rings (SSSR count). The monoisotopic (exact) mass is 429 g/mol. The second-order valence-corrected chi connectivity index (χ2v) is 7.00. The van der Waals surface area contributed by atoms with E-state index in [1.165, 1.54) is 0 Å². The van der Waals surface area contributed by atoms with Gasteiger partial charge in [-0.25, -0.2) is 0 Å². The summed E-state index contributed by atoms with van der Waals surface area (Å²) >= 11 is 9.35. The van der Waals surface area contributed by atoms with Crippen LogP contribution in [0.15, 0.2) is 74.5 Å². The molecular weight excluding hydrogens is 418 g/mol. The summed E-state index contributed by atoms with van der Waals surface area (Å²) in [6.07, 6.45) is 1.70. The van der Waals surface area contributed by atoms with Gasteiger partial charge in [-0.2, -0.15) is 0 Å². The summed E-state index contributed by atoms with van der Waals surface area (Å²) in [5.41, 5.74) is 1.96. The molecule has 4 aromatic rings. The molecule has 4 nitrogen and oxygen atoms in total. The van der Waals surface area contributed by atoms with Gasteiger partial charge < -0.3 is 9.15 Å². The number of fused-ring (bicyclic) bond motifs is 1. The van der Waals surface area contributed by atoms with Crippen molar-refractivity contribution in [2.24, 2.45) is 0 Å². The van der Waals surface area contributed by atoms with E-state index in [1.807, 2.05) is 24.3 Å². The molecule has 0 aliphatic heterocycles. The van der Waals surface area contributed by atoms with Crippen LogP contribution in [0.1, 0.15) is 0 Å². The highest BCUT2D eigenvalue weighted by Gasteiger charge is 2.12. The maximum absolute atomic E-state index is 12.9. The highest BCUT2D eigenvalue weighted by molar-refractivity contribution is 9.10. The number of halogens is 2. The third-order valence-electron chi connectivity index (χ3n) is 4.13. The lowest BCUT2D eigenvalue weighted by molar-refractivity contribution is 0.412. The molecule has 0 spiro atoms. The summed E-state index contributed by atoms with van der Waals surface area (Å²) < 4.78 is 13.5. The molecule has 0 N–H and O–H groups in total. The van der Waals surface area contributed by atoms with E-state index in [2.05, 4.69) is 15.9 Å². The summed E-state index contributed by atoms with van der Waals surface area (Å²) in [4.78, 5) is 12.9. The number of methoxy groups -OCH3 is 1. The SMILES string of the molecule is COc1cc(-n2ccc3oc(-c4ccc(Cl)cc4)cc3c2=O)ccc1Br. The zero-order chi connectivity index (χ0) is 18.3. The summed E-state index contributed by atoms with van der Waals surface area (Å²) in [5, 5.41) is 1.16. The molecule has 0 aliphatic carbocycles. The molecule has 2 aromatic carbocycles. The second kappa shape index (κ2) is 6.67. The molecule has 0 aliphatic rings. The summed E-state index contributed by atoms with van der Waals surface area (Å²) in [5.74, 6) is 1.28. The molecule has 2 heterocycles. The Hall–Kier alpha value is -2.50. The average Bonchev–Trinajstić information content (AvgIpc) is 3.08. The summed E-state index contributed by atoms with van der Waals surface area (Å²) in [6.45, 7) is 0. The first-order valence-electron chi connectivity index (χ1n) is 7.82. The number of pyridine rings is 1. The zero-order valence-corrected chi connectivity index (χ0v) is 16.0. The first-order chi connectivity index (χ1) is 12.6. The molecule has 0 bridgehead atoms. The van der Waals surface area contributed by atoms with Crippen LogP contribution in [0.3, 0.4) is 0 Å². The Balaban J connectivity index is 1.85. The van der Waals surface area contributed by atoms with Gasteiger partial charge >= 0.3 is 0 Å². The third-order valence-corrected chi connectivity index (χ3v) is 5.03. The van der Waals surface area contributed by atoms with Crippen LogP contribution in [0.2, 0.25) is 5.02 Å². The fourth-order valence-corrected chi connectivity index (χ4v) is 3.33. The standard InChI is InChI=1S/C20H13BrClNO3/c1-25-19-10-14(6-7-16(19)21)23-9-8-17-15(20(23)24)11-18(26-17)12-2-4-13(22)5-3-12/h2-11H,1H3. The smallest absolute Gasteiger partial charge is 0.266 e. The van der Waals surface area contributed by atoms with E-state index in [4.69, 9.17) is 20.8 Å². The largest absolute Gasteiger partial charge is 0.495 e. The van der Waals surface area contributed by atoms with Gasteiger partial charge in [-0.1, -0.05) is 11.6 Å². The van der Waals surface area contributed by atoms with Crippen molar-refractivity contribution in [3.63, 3.8) is 0 Å². The molecule has 0 atom stereocenters. The molecule has 0 saturated heterocycles. The van der Waals surface area contributed by atoms with Crippen LogP contribution >= 0.6 is 27.5 Å². The Labute approximate surface area is 162 Å². The first-order valence-corrected chi connectivity index (χ1v) is 8.99. The molecule has 0 saturated carbocycles. The number of aromatic nitrogens is 1. The molecule has 6 heteroatoms. The van der Waals surface area contributed by atoms with Gasteiger partial charge in [-0.15, -0.1) is 0 Å². The molecule has 130 valence electrons. The lowest BCUT2D eigenvalue weighted by atomic mass is 10.1. The number of ether oxygens (including phenoxy) is 1. The quantitative estimate of drug-likeness (QED) is 0.420. The van der Waals surface area contributed by atoms with Crippen molar-refractivity contribution in [3.8, 4) is 22.8 Å². The lowest BCUT2D eigenvalue weighted by Gasteiger charge is -2.09. The van der Waals surface area contributed by atoms with Gasteiger partial charge in [0.2, 0.25) is 0 Å². The van der Waals surface area contributed by atoms with E-state index in [-0.39, 0.29) is 5.56 Å². The Morgan fingerprint density at radius 2 is 1.85 bits per heavy atom. The topological polar surface area (TPSA) is 44.4 Å². The first kappa shape index (κ1) is 16.9. The number of furan rings is 1. The number of benzene rings is 2. The van der Waals surface area contributed by atoms with Gasteiger partial charge in [0.05, 0.1) is 22.7 Å². The minimum Gasteiger partial charge on any atom is -0.495 e. The fraction of sp³-hybridized carbons (Fsp3) is 0.0500. The van der Waals surface area contributed by atoms with Crippen LogP contribution in [0.4, 0.5) is 0 Å². The highest BCUT2D eigenvalue weighted by Crippen LogP contribution is 2.29. The minimum absolute atomic E-state index is 0.157. The van der Waals surface area contributed by atoms with Crippen molar-refractivity contribution in [1.29, 1.82) is 0 Å². The van der Waals surface area contributed by atoms with Crippen LogP contribution in [0, 0.1) is 0 Å². The van der Waals surface area contributed by atoms with Gasteiger partial charge in [-0.05, 0) is 64.5 Å². The van der Waals surface area contributed by atoms with E-state index in [9.17, 15) is 4.79 Å². The average molecular weight is 431 g/mol. The Bertz CT molecular complexity index is 1160. The Morgan fingerprint density at radius 1 is 1.08 bits per heavy atom. The molecule has 0 unspecified atom stereocenters. The van der Waals surface area contributed by atoms with E-state index in [1.54, 1.807) is 48.2 Å². The van der Waals surface area contributed by atoms with Gasteiger partial charge in [0.25, 0.3) is 5.56 Å². The van der Waals surface area contributed by atoms with Crippen molar-refractivity contribution in [1.82, 2.24) is 4.57 Å². The van der Waals surface area contributed by atoms with Gasteiger partial charge in [-0.3, -0.25) is 9.36 Å². The van der Waals surface area contributed by atoms with Crippen molar-refractivity contribution in [3.05, 3.63) is 80.6 Å². The van der Waals surface area contributed by atoms with Crippen LogP contribution in [-0.2, 0) is 0 Å². The third kappa shape index (κ3) is 2.93. The van der Waals surface area contributed by atoms with E-state index in [0.717, 1.165) is 10.0 Å². The maximum Gasteiger partial charge on any atom is 0.266 e. The van der Waals surface area contributed by atoms with Crippen LogP contribution < -0.4 is 10.3 Å². The predicted octanol–water partition coefficient (Wildman–Crippen LogP) is 5.68. The Kier molecular flexibility index (Phi) is 4.34. The number of hydrogen-bond donors (Lipinski definition) is 0. The Morgan fingerprint density at radius 3 is 2.58 bits per heavy atom.